The summed E-state index contributed by atoms with van der Waals surface area (Å²) in [7, 11) is 0. The first-order valence-electron chi connectivity index (χ1n) is 14.0. The molecule has 6 nitrogen and oxygen atoms in total. The van der Waals surface area contributed by atoms with Crippen LogP contribution in [0.1, 0.15) is 70.8 Å². The van der Waals surface area contributed by atoms with Gasteiger partial charge < -0.3 is 20.4 Å². The van der Waals surface area contributed by atoms with Gasteiger partial charge in [-0.2, -0.15) is 9.97 Å². The van der Waals surface area contributed by atoms with Crippen LogP contribution in [0, 0.1) is 11.8 Å². The van der Waals surface area contributed by atoms with E-state index in [4.69, 9.17) is 22.2 Å². The predicted molar refractivity (Wildman–Crippen MR) is 154 cm³/mol. The first-order valence-corrected chi connectivity index (χ1v) is 14.4. The van der Waals surface area contributed by atoms with E-state index in [1.54, 1.807) is 0 Å². The predicted octanol–water partition coefficient (Wildman–Crippen LogP) is 5.75. The maximum Gasteiger partial charge on any atom is 0.232 e. The lowest BCUT2D eigenvalue weighted by Gasteiger charge is -2.38. The number of nitrogens with zero attached hydrogens (tertiary/aromatic N) is 4. The van der Waals surface area contributed by atoms with Crippen LogP contribution in [0.2, 0.25) is 0 Å². The van der Waals surface area contributed by atoms with Crippen molar-refractivity contribution in [2.45, 2.75) is 70.6 Å². The van der Waals surface area contributed by atoms with Crippen molar-refractivity contribution >= 4 is 34.9 Å². The maximum atomic E-state index is 5.79. The van der Waals surface area contributed by atoms with Crippen LogP contribution in [0.25, 0.3) is 0 Å². The average Bonchev–Trinajstić information content (AvgIpc) is 3.43. The summed E-state index contributed by atoms with van der Waals surface area (Å²) in [4.78, 5) is 14.7. The second kappa shape index (κ2) is 11.3. The highest BCUT2D eigenvalue weighted by Gasteiger charge is 2.34. The number of hydrogen-bond donors (Lipinski definition) is 2. The zero-order valence-electron chi connectivity index (χ0n) is 22.0. The highest BCUT2D eigenvalue weighted by molar-refractivity contribution is 7.80. The van der Waals surface area contributed by atoms with Gasteiger partial charge in [-0.05, 0) is 61.7 Å². The molecule has 2 saturated heterocycles. The summed E-state index contributed by atoms with van der Waals surface area (Å²) in [6.07, 6.45) is 9.99. The van der Waals surface area contributed by atoms with Crippen LogP contribution < -0.4 is 20.4 Å². The van der Waals surface area contributed by atoms with Crippen molar-refractivity contribution in [2.75, 3.05) is 47.8 Å². The number of piperidine rings is 1. The van der Waals surface area contributed by atoms with Gasteiger partial charge in [0.15, 0.2) is 5.11 Å². The van der Waals surface area contributed by atoms with Crippen molar-refractivity contribution in [3.8, 4) is 0 Å². The van der Waals surface area contributed by atoms with Crippen LogP contribution in [-0.2, 0) is 5.41 Å². The fourth-order valence-corrected chi connectivity index (χ4v) is 6.74. The van der Waals surface area contributed by atoms with Crippen molar-refractivity contribution in [2.24, 2.45) is 11.8 Å². The van der Waals surface area contributed by atoms with Gasteiger partial charge in [-0.25, -0.2) is 0 Å². The third-order valence-corrected chi connectivity index (χ3v) is 8.58. The molecule has 0 bridgehead atoms. The summed E-state index contributed by atoms with van der Waals surface area (Å²) in [5.41, 5.74) is 1.55. The van der Waals surface area contributed by atoms with E-state index in [1.165, 1.54) is 56.9 Å². The molecule has 3 aliphatic rings. The summed E-state index contributed by atoms with van der Waals surface area (Å²) < 4.78 is 0. The van der Waals surface area contributed by atoms with Crippen LogP contribution in [-0.4, -0.2) is 47.8 Å². The van der Waals surface area contributed by atoms with Gasteiger partial charge in [-0.1, -0.05) is 63.4 Å². The Labute approximate surface area is 222 Å². The summed E-state index contributed by atoms with van der Waals surface area (Å²) in [5.74, 6) is 3.98. The van der Waals surface area contributed by atoms with E-state index in [0.29, 0.717) is 22.9 Å². The van der Waals surface area contributed by atoms with Gasteiger partial charge in [0.25, 0.3) is 0 Å². The number of hydrogen-bond acceptors (Lipinski definition) is 5. The minimum atomic E-state index is 0.134. The Hall–Kier alpha value is -2.41. The Morgan fingerprint density at radius 3 is 2.22 bits per heavy atom. The molecule has 2 N–H and O–H groups in total. The second-order valence-electron chi connectivity index (χ2n) is 11.5. The van der Waals surface area contributed by atoms with Crippen LogP contribution in [0.4, 0.5) is 17.6 Å². The molecule has 2 atom stereocenters. The largest absolute Gasteiger partial charge is 0.361 e. The first kappa shape index (κ1) is 25.2. The fraction of sp³-hybridized carbons (Fsp3) is 0.621. The number of anilines is 3. The quantitative estimate of drug-likeness (QED) is 0.484. The molecule has 5 rings (SSSR count). The molecule has 1 aromatic heterocycles. The zero-order valence-corrected chi connectivity index (χ0v) is 22.8. The van der Waals surface area contributed by atoms with Gasteiger partial charge >= 0.3 is 0 Å². The molecule has 2 aromatic rings. The first-order chi connectivity index (χ1) is 17.5. The molecule has 0 radical (unpaired) electrons. The Morgan fingerprint density at radius 2 is 1.56 bits per heavy atom. The second-order valence-corrected chi connectivity index (χ2v) is 11.9. The van der Waals surface area contributed by atoms with E-state index >= 15 is 0 Å². The summed E-state index contributed by atoms with van der Waals surface area (Å²) >= 11 is 5.79. The van der Waals surface area contributed by atoms with Crippen LogP contribution >= 0.6 is 12.2 Å². The Kier molecular flexibility index (Phi) is 7.94. The summed E-state index contributed by atoms with van der Waals surface area (Å²) in [5, 5.41) is 7.53. The Bertz CT molecular complexity index is 1010. The fourth-order valence-electron chi connectivity index (χ4n) is 6.58. The Balaban J connectivity index is 1.32. The van der Waals surface area contributed by atoms with E-state index < -0.39 is 0 Å². The number of aromatic nitrogens is 2. The molecule has 1 aliphatic carbocycles. The van der Waals surface area contributed by atoms with Crippen molar-refractivity contribution in [1.82, 2.24) is 15.3 Å². The molecule has 0 unspecified atom stereocenters. The topological polar surface area (TPSA) is 56.3 Å². The average molecular weight is 507 g/mol. The SMILES string of the molecule is C[C@H]1C[C@H](C)CN(c2cc(N3CCCC3)nc(NC(=S)NCC3(c4ccccc4)CCCCC3)n2)C1. The van der Waals surface area contributed by atoms with Crippen LogP contribution in [0.15, 0.2) is 36.4 Å². The minimum Gasteiger partial charge on any atom is -0.361 e. The summed E-state index contributed by atoms with van der Waals surface area (Å²) in [6.45, 7) is 9.73. The van der Waals surface area contributed by atoms with Crippen molar-refractivity contribution in [3.05, 3.63) is 42.0 Å². The molecule has 1 aromatic carbocycles. The molecule has 2 aliphatic heterocycles. The number of rotatable bonds is 6. The molecule has 3 heterocycles. The highest BCUT2D eigenvalue weighted by atomic mass is 32.1. The number of thiocarbonyl (C=S) groups is 1. The number of benzene rings is 1. The van der Waals surface area contributed by atoms with E-state index in [0.717, 1.165) is 44.4 Å². The van der Waals surface area contributed by atoms with E-state index in [2.05, 4.69) is 70.7 Å². The molecule has 0 spiro atoms. The van der Waals surface area contributed by atoms with E-state index in [1.807, 2.05) is 0 Å². The van der Waals surface area contributed by atoms with Gasteiger partial charge in [0.05, 0.1) is 0 Å². The maximum absolute atomic E-state index is 5.79. The van der Waals surface area contributed by atoms with Gasteiger partial charge in [0.2, 0.25) is 5.95 Å². The molecule has 7 heteroatoms. The molecule has 3 fully saturated rings. The molecule has 36 heavy (non-hydrogen) atoms. The van der Waals surface area contributed by atoms with Crippen molar-refractivity contribution < 1.29 is 0 Å². The van der Waals surface area contributed by atoms with Crippen molar-refractivity contribution in [3.63, 3.8) is 0 Å². The molecular weight excluding hydrogens is 464 g/mol. The molecule has 194 valence electrons. The van der Waals surface area contributed by atoms with Gasteiger partial charge in [0, 0.05) is 44.2 Å². The normalized spacial score (nSPS) is 23.9. The van der Waals surface area contributed by atoms with Crippen LogP contribution in [0.5, 0.6) is 0 Å². The monoisotopic (exact) mass is 506 g/mol. The molecule has 1 saturated carbocycles. The van der Waals surface area contributed by atoms with Crippen LogP contribution in [0.3, 0.4) is 0 Å². The smallest absolute Gasteiger partial charge is 0.232 e. The summed E-state index contributed by atoms with van der Waals surface area (Å²) in [6, 6.07) is 13.2. The Morgan fingerprint density at radius 1 is 0.917 bits per heavy atom. The third kappa shape index (κ3) is 5.93. The molecule has 0 amide bonds. The lowest BCUT2D eigenvalue weighted by molar-refractivity contribution is 0.292. The minimum absolute atomic E-state index is 0.134. The zero-order chi connectivity index (χ0) is 25.0. The van der Waals surface area contributed by atoms with Gasteiger partial charge in [-0.15, -0.1) is 0 Å². The van der Waals surface area contributed by atoms with Gasteiger partial charge in [0.1, 0.15) is 11.6 Å². The van der Waals surface area contributed by atoms with Crippen molar-refractivity contribution in [1.29, 1.82) is 0 Å². The molecular formula is C29H42N6S. The highest BCUT2D eigenvalue weighted by Crippen LogP contribution is 2.39. The van der Waals surface area contributed by atoms with Gasteiger partial charge in [-0.3, -0.25) is 0 Å². The lowest BCUT2D eigenvalue weighted by atomic mass is 9.69. The standard InChI is InChI=1S/C29H42N6S/c1-22-17-23(2)20-35(19-22)26-18-25(34-15-9-10-16-34)31-27(32-26)33-28(36)30-21-29(13-7-4-8-14-29)24-11-5-3-6-12-24/h3,5-6,11-12,18,22-23H,4,7-10,13-17,19-21H2,1-2H3,(H2,30,31,32,33,36)/t22-,23-/m0/s1. The number of nitrogens with one attached hydrogen (secondary N) is 2. The lowest BCUT2D eigenvalue weighted by Crippen LogP contribution is -2.43. The van der Waals surface area contributed by atoms with E-state index in [-0.39, 0.29) is 5.41 Å². The third-order valence-electron chi connectivity index (χ3n) is 8.33. The van der Waals surface area contributed by atoms with E-state index in [9.17, 15) is 0 Å².